The molecule has 1 aliphatic rings. The highest BCUT2D eigenvalue weighted by atomic mass is 79.9. The summed E-state index contributed by atoms with van der Waals surface area (Å²) in [5.41, 5.74) is 2.46. The summed E-state index contributed by atoms with van der Waals surface area (Å²) in [6.45, 7) is 0. The smallest absolute Gasteiger partial charge is 0.225 e. The molecule has 0 unspecified atom stereocenters. The average molecular weight is 380 g/mol. The third-order valence-corrected chi connectivity index (χ3v) is 4.55. The van der Waals surface area contributed by atoms with Crippen LogP contribution in [0.3, 0.4) is 0 Å². The van der Waals surface area contributed by atoms with Crippen LogP contribution in [0.1, 0.15) is 23.5 Å². The first-order valence-corrected chi connectivity index (χ1v) is 7.83. The molecule has 0 saturated carbocycles. The zero-order valence-electron chi connectivity index (χ0n) is 12.7. The molecule has 1 amide bonds. The van der Waals surface area contributed by atoms with Crippen molar-refractivity contribution < 1.29 is 18.7 Å². The Morgan fingerprint density at radius 3 is 2.52 bits per heavy atom. The number of fused-ring (bicyclic) bond motifs is 1. The second kappa shape index (κ2) is 6.20. The average Bonchev–Trinajstić information content (AvgIpc) is 2.55. The fraction of sp³-hybridized carbons (Fsp3) is 0.235. The van der Waals surface area contributed by atoms with Crippen molar-refractivity contribution in [1.82, 2.24) is 0 Å². The van der Waals surface area contributed by atoms with E-state index in [2.05, 4.69) is 21.2 Å². The number of hydrogen-bond donors (Lipinski definition) is 1. The van der Waals surface area contributed by atoms with Gasteiger partial charge in [0, 0.05) is 24.1 Å². The van der Waals surface area contributed by atoms with Crippen molar-refractivity contribution in [3.8, 4) is 11.5 Å². The monoisotopic (exact) mass is 379 g/mol. The van der Waals surface area contributed by atoms with Gasteiger partial charge in [-0.3, -0.25) is 4.79 Å². The number of methoxy groups -OCH3 is 2. The van der Waals surface area contributed by atoms with Crippen LogP contribution in [0, 0.1) is 5.82 Å². The third kappa shape index (κ3) is 2.91. The van der Waals surface area contributed by atoms with Crippen molar-refractivity contribution in [2.24, 2.45) is 0 Å². The molecule has 120 valence electrons. The Bertz CT molecular complexity index is 779. The van der Waals surface area contributed by atoms with E-state index in [1.54, 1.807) is 32.4 Å². The van der Waals surface area contributed by atoms with Gasteiger partial charge in [0.25, 0.3) is 0 Å². The zero-order chi connectivity index (χ0) is 16.6. The molecule has 1 aliphatic heterocycles. The van der Waals surface area contributed by atoms with Gasteiger partial charge in [0.15, 0.2) is 11.5 Å². The van der Waals surface area contributed by atoms with Crippen molar-refractivity contribution in [3.63, 3.8) is 0 Å². The molecular weight excluding hydrogens is 365 g/mol. The van der Waals surface area contributed by atoms with Crippen LogP contribution in [0.5, 0.6) is 11.5 Å². The van der Waals surface area contributed by atoms with E-state index in [1.807, 2.05) is 6.07 Å². The van der Waals surface area contributed by atoms with Gasteiger partial charge in [-0.05, 0) is 45.3 Å². The largest absolute Gasteiger partial charge is 0.493 e. The minimum atomic E-state index is -0.332. The Morgan fingerprint density at radius 2 is 1.87 bits per heavy atom. The van der Waals surface area contributed by atoms with Gasteiger partial charge in [0.05, 0.1) is 18.7 Å². The van der Waals surface area contributed by atoms with Crippen LogP contribution in [0.15, 0.2) is 34.8 Å². The van der Waals surface area contributed by atoms with Crippen LogP contribution >= 0.6 is 15.9 Å². The lowest BCUT2D eigenvalue weighted by Crippen LogP contribution is -2.23. The maximum absolute atomic E-state index is 13.5. The summed E-state index contributed by atoms with van der Waals surface area (Å²) in [7, 11) is 3.11. The number of nitrogens with one attached hydrogen (secondary N) is 1. The van der Waals surface area contributed by atoms with Crippen molar-refractivity contribution in [2.75, 3.05) is 19.5 Å². The van der Waals surface area contributed by atoms with E-state index in [0.717, 1.165) is 11.1 Å². The Kier molecular flexibility index (Phi) is 4.26. The molecule has 2 aromatic carbocycles. The number of hydrogen-bond acceptors (Lipinski definition) is 3. The second-order valence-electron chi connectivity index (χ2n) is 5.27. The Balaban J connectivity index is 2.13. The molecule has 6 heteroatoms. The maximum Gasteiger partial charge on any atom is 0.225 e. The molecule has 0 radical (unpaired) electrons. The quantitative estimate of drug-likeness (QED) is 0.873. The molecule has 0 spiro atoms. The van der Waals surface area contributed by atoms with Gasteiger partial charge in [-0.25, -0.2) is 4.39 Å². The number of amides is 1. The molecule has 0 bridgehead atoms. The highest BCUT2D eigenvalue weighted by Gasteiger charge is 2.28. The molecule has 1 N–H and O–H groups in total. The van der Waals surface area contributed by atoms with E-state index in [4.69, 9.17) is 9.47 Å². The number of carbonyl (C=O) groups excluding carboxylic acids is 1. The SMILES string of the molecule is COc1cc2c(cc1OC)[C@@H](c1ccc(F)c(Br)c1)CC(=O)N2. The highest BCUT2D eigenvalue weighted by Crippen LogP contribution is 2.43. The normalized spacial score (nSPS) is 16.5. The molecule has 0 aromatic heterocycles. The first-order chi connectivity index (χ1) is 11.0. The fourth-order valence-electron chi connectivity index (χ4n) is 2.81. The Morgan fingerprint density at radius 1 is 1.17 bits per heavy atom. The Hall–Kier alpha value is -2.08. The van der Waals surface area contributed by atoms with Crippen molar-refractivity contribution in [1.29, 1.82) is 0 Å². The number of carbonyl (C=O) groups is 1. The van der Waals surface area contributed by atoms with E-state index in [0.29, 0.717) is 28.1 Å². The second-order valence-corrected chi connectivity index (χ2v) is 6.13. The standard InChI is InChI=1S/C17H15BrFNO3/c1-22-15-6-11-10(9-3-4-13(19)12(18)5-9)7-17(21)20-14(11)8-16(15)23-2/h3-6,8,10H,7H2,1-2H3,(H,20,21)/t10-/m1/s1. The summed E-state index contributed by atoms with van der Waals surface area (Å²) in [4.78, 5) is 12.0. The van der Waals surface area contributed by atoms with Crippen LogP contribution < -0.4 is 14.8 Å². The van der Waals surface area contributed by atoms with Gasteiger partial charge >= 0.3 is 0 Å². The van der Waals surface area contributed by atoms with E-state index in [-0.39, 0.29) is 17.6 Å². The number of benzene rings is 2. The van der Waals surface area contributed by atoms with Gasteiger partial charge in [0.2, 0.25) is 5.91 Å². The molecule has 0 fully saturated rings. The van der Waals surface area contributed by atoms with Crippen LogP contribution in [0.4, 0.5) is 10.1 Å². The summed E-state index contributed by atoms with van der Waals surface area (Å²) in [5.74, 6) is 0.549. The lowest BCUT2D eigenvalue weighted by Gasteiger charge is -2.27. The summed E-state index contributed by atoms with van der Waals surface area (Å²) >= 11 is 3.20. The topological polar surface area (TPSA) is 47.6 Å². The van der Waals surface area contributed by atoms with Crippen LogP contribution in [0.2, 0.25) is 0 Å². The van der Waals surface area contributed by atoms with Crippen LogP contribution in [-0.2, 0) is 4.79 Å². The van der Waals surface area contributed by atoms with Crippen LogP contribution in [-0.4, -0.2) is 20.1 Å². The van der Waals surface area contributed by atoms with Crippen LogP contribution in [0.25, 0.3) is 0 Å². The number of ether oxygens (including phenoxy) is 2. The molecule has 3 rings (SSSR count). The third-order valence-electron chi connectivity index (χ3n) is 3.94. The molecule has 0 aliphatic carbocycles. The Labute approximate surface area is 141 Å². The van der Waals surface area contributed by atoms with Crippen molar-refractivity contribution >= 4 is 27.5 Å². The summed E-state index contributed by atoms with van der Waals surface area (Å²) in [5, 5.41) is 2.85. The predicted octanol–water partition coefficient (Wildman–Crippen LogP) is 4.08. The molecule has 4 nitrogen and oxygen atoms in total. The van der Waals surface area contributed by atoms with Crippen molar-refractivity contribution in [2.45, 2.75) is 12.3 Å². The van der Waals surface area contributed by atoms with Gasteiger partial charge in [-0.1, -0.05) is 6.07 Å². The summed E-state index contributed by atoms with van der Waals surface area (Å²) in [6.07, 6.45) is 0.292. The van der Waals surface area contributed by atoms with E-state index < -0.39 is 0 Å². The molecule has 23 heavy (non-hydrogen) atoms. The minimum absolute atomic E-state index is 0.0878. The number of rotatable bonds is 3. The van der Waals surface area contributed by atoms with Gasteiger partial charge < -0.3 is 14.8 Å². The first kappa shape index (κ1) is 15.8. The van der Waals surface area contributed by atoms with Gasteiger partial charge in [0.1, 0.15) is 5.82 Å². The maximum atomic E-state index is 13.5. The van der Waals surface area contributed by atoms with E-state index >= 15 is 0 Å². The van der Waals surface area contributed by atoms with Gasteiger partial charge in [-0.2, -0.15) is 0 Å². The molecule has 0 saturated heterocycles. The molecule has 2 aromatic rings. The first-order valence-electron chi connectivity index (χ1n) is 7.04. The number of anilines is 1. The molecule has 1 atom stereocenters. The minimum Gasteiger partial charge on any atom is -0.493 e. The lowest BCUT2D eigenvalue weighted by atomic mass is 9.84. The zero-order valence-corrected chi connectivity index (χ0v) is 14.2. The highest BCUT2D eigenvalue weighted by molar-refractivity contribution is 9.10. The van der Waals surface area contributed by atoms with E-state index in [9.17, 15) is 9.18 Å². The summed E-state index contributed by atoms with van der Waals surface area (Å²) < 4.78 is 24.5. The molecular formula is C17H15BrFNO3. The number of halogens is 2. The molecule has 1 heterocycles. The fourth-order valence-corrected chi connectivity index (χ4v) is 3.21. The van der Waals surface area contributed by atoms with Crippen molar-refractivity contribution in [3.05, 3.63) is 51.7 Å². The van der Waals surface area contributed by atoms with Gasteiger partial charge in [-0.15, -0.1) is 0 Å². The van der Waals surface area contributed by atoms with E-state index in [1.165, 1.54) is 6.07 Å². The lowest BCUT2D eigenvalue weighted by molar-refractivity contribution is -0.116. The predicted molar refractivity (Wildman–Crippen MR) is 88.7 cm³/mol. The summed E-state index contributed by atoms with van der Waals surface area (Å²) in [6, 6.07) is 8.40.